The van der Waals surface area contributed by atoms with Crippen LogP contribution in [0.5, 0.6) is 0 Å². The molecule has 1 aliphatic rings. The Kier molecular flexibility index (Phi) is 5.46. The van der Waals surface area contributed by atoms with Gasteiger partial charge in [-0.1, -0.05) is 32.3 Å². The van der Waals surface area contributed by atoms with Crippen molar-refractivity contribution in [3.8, 4) is 0 Å². The third-order valence-corrected chi connectivity index (χ3v) is 4.14. The quantitative estimate of drug-likeness (QED) is 0.771. The summed E-state index contributed by atoms with van der Waals surface area (Å²) in [5, 5.41) is 3.31. The highest BCUT2D eigenvalue weighted by Gasteiger charge is 2.28. The summed E-state index contributed by atoms with van der Waals surface area (Å²) >= 11 is 0. The number of hydrogen-bond acceptors (Lipinski definition) is 1. The van der Waals surface area contributed by atoms with Gasteiger partial charge >= 0.3 is 0 Å². The molecule has 1 saturated carbocycles. The SMILES string of the molecule is CCCNC(c1ccc(F)c(F)c1F)C1CCCCC1. The molecule has 1 aliphatic carbocycles. The molecule has 1 atom stereocenters. The van der Waals surface area contributed by atoms with Crippen molar-refractivity contribution in [2.24, 2.45) is 5.92 Å². The molecule has 1 aromatic rings. The summed E-state index contributed by atoms with van der Waals surface area (Å²) in [7, 11) is 0. The average Bonchev–Trinajstić information content (AvgIpc) is 2.48. The molecule has 2 rings (SSSR count). The second-order valence-corrected chi connectivity index (χ2v) is 5.59. The van der Waals surface area contributed by atoms with E-state index in [2.05, 4.69) is 5.32 Å². The van der Waals surface area contributed by atoms with Gasteiger partial charge in [-0.15, -0.1) is 0 Å². The lowest BCUT2D eigenvalue weighted by molar-refractivity contribution is 0.264. The van der Waals surface area contributed by atoms with Gasteiger partial charge in [0.05, 0.1) is 0 Å². The van der Waals surface area contributed by atoms with E-state index in [1.54, 1.807) is 0 Å². The molecule has 4 heteroatoms. The van der Waals surface area contributed by atoms with E-state index in [9.17, 15) is 13.2 Å². The lowest BCUT2D eigenvalue weighted by atomic mass is 9.81. The highest BCUT2D eigenvalue weighted by molar-refractivity contribution is 5.24. The minimum Gasteiger partial charge on any atom is -0.310 e. The second kappa shape index (κ2) is 7.11. The molecule has 0 spiro atoms. The van der Waals surface area contributed by atoms with E-state index < -0.39 is 17.5 Å². The number of benzene rings is 1. The number of rotatable bonds is 5. The van der Waals surface area contributed by atoms with E-state index in [1.165, 1.54) is 12.5 Å². The van der Waals surface area contributed by atoms with Crippen LogP contribution in [0.2, 0.25) is 0 Å². The Morgan fingerprint density at radius 2 is 1.80 bits per heavy atom. The lowest BCUT2D eigenvalue weighted by Gasteiger charge is -2.31. The van der Waals surface area contributed by atoms with Crippen molar-refractivity contribution in [2.45, 2.75) is 51.5 Å². The minimum absolute atomic E-state index is 0.217. The Balaban J connectivity index is 2.27. The van der Waals surface area contributed by atoms with Crippen LogP contribution >= 0.6 is 0 Å². The first-order valence-electron chi connectivity index (χ1n) is 7.52. The summed E-state index contributed by atoms with van der Waals surface area (Å²) < 4.78 is 40.6. The highest BCUT2D eigenvalue weighted by atomic mass is 19.2. The topological polar surface area (TPSA) is 12.0 Å². The van der Waals surface area contributed by atoms with Gasteiger partial charge in [0.15, 0.2) is 17.5 Å². The van der Waals surface area contributed by atoms with Gasteiger partial charge in [-0.25, -0.2) is 13.2 Å². The van der Waals surface area contributed by atoms with Crippen LogP contribution in [0, 0.1) is 23.4 Å². The molecule has 1 aromatic carbocycles. The Labute approximate surface area is 118 Å². The van der Waals surface area contributed by atoms with E-state index >= 15 is 0 Å². The number of halogens is 3. The summed E-state index contributed by atoms with van der Waals surface area (Å²) in [5.74, 6) is -3.22. The van der Waals surface area contributed by atoms with Gasteiger partial charge in [0.25, 0.3) is 0 Å². The van der Waals surface area contributed by atoms with E-state index in [4.69, 9.17) is 0 Å². The molecule has 1 N–H and O–H groups in total. The molecule has 0 bridgehead atoms. The van der Waals surface area contributed by atoms with Crippen LogP contribution in [-0.4, -0.2) is 6.54 Å². The molecule has 0 aromatic heterocycles. The van der Waals surface area contributed by atoms with Crippen LogP contribution in [0.1, 0.15) is 57.1 Å². The van der Waals surface area contributed by atoms with Crippen LogP contribution in [0.25, 0.3) is 0 Å². The minimum atomic E-state index is -1.36. The third-order valence-electron chi connectivity index (χ3n) is 4.14. The fraction of sp³-hybridized carbons (Fsp3) is 0.625. The molecule has 0 saturated heterocycles. The highest BCUT2D eigenvalue weighted by Crippen LogP contribution is 2.36. The molecule has 1 fully saturated rings. The Morgan fingerprint density at radius 1 is 1.10 bits per heavy atom. The summed E-state index contributed by atoms with van der Waals surface area (Å²) in [4.78, 5) is 0. The van der Waals surface area contributed by atoms with Crippen molar-refractivity contribution in [3.05, 3.63) is 35.1 Å². The van der Waals surface area contributed by atoms with Crippen LogP contribution in [-0.2, 0) is 0 Å². The fourth-order valence-electron chi connectivity index (χ4n) is 3.08. The zero-order chi connectivity index (χ0) is 14.5. The van der Waals surface area contributed by atoms with Crippen molar-refractivity contribution in [1.82, 2.24) is 5.32 Å². The average molecular weight is 285 g/mol. The summed E-state index contributed by atoms with van der Waals surface area (Å²) in [6, 6.07) is 2.19. The molecule has 1 unspecified atom stereocenters. The smallest absolute Gasteiger partial charge is 0.194 e. The maximum absolute atomic E-state index is 14.0. The third kappa shape index (κ3) is 3.35. The maximum atomic E-state index is 14.0. The monoisotopic (exact) mass is 285 g/mol. The number of nitrogens with one attached hydrogen (secondary N) is 1. The summed E-state index contributed by atoms with van der Waals surface area (Å²) in [5.41, 5.74) is 0.268. The Bertz CT molecular complexity index is 442. The van der Waals surface area contributed by atoms with E-state index in [1.807, 2.05) is 6.92 Å². The van der Waals surface area contributed by atoms with Gasteiger partial charge < -0.3 is 5.32 Å². The van der Waals surface area contributed by atoms with Gasteiger partial charge in [0.2, 0.25) is 0 Å². The summed E-state index contributed by atoms with van der Waals surface area (Å²) in [6.45, 7) is 2.78. The van der Waals surface area contributed by atoms with Crippen LogP contribution < -0.4 is 5.32 Å². The molecular formula is C16H22F3N. The van der Waals surface area contributed by atoms with Gasteiger partial charge in [-0.3, -0.25) is 0 Å². The molecule has 0 heterocycles. The Morgan fingerprint density at radius 3 is 2.45 bits per heavy atom. The molecule has 1 nitrogen and oxygen atoms in total. The summed E-state index contributed by atoms with van der Waals surface area (Å²) in [6.07, 6.45) is 6.41. The maximum Gasteiger partial charge on any atom is 0.194 e. The Hall–Kier alpha value is -1.03. The van der Waals surface area contributed by atoms with Crippen molar-refractivity contribution >= 4 is 0 Å². The molecule has 0 amide bonds. The molecular weight excluding hydrogens is 263 g/mol. The van der Waals surface area contributed by atoms with Gasteiger partial charge in [0, 0.05) is 11.6 Å². The molecule has 0 aliphatic heterocycles. The normalized spacial score (nSPS) is 18.2. The molecule has 112 valence electrons. The first kappa shape index (κ1) is 15.4. The van der Waals surface area contributed by atoms with Gasteiger partial charge in [0.1, 0.15) is 0 Å². The first-order valence-corrected chi connectivity index (χ1v) is 7.52. The molecule has 0 radical (unpaired) electrons. The van der Waals surface area contributed by atoms with Crippen LogP contribution in [0.4, 0.5) is 13.2 Å². The molecule has 20 heavy (non-hydrogen) atoms. The fourth-order valence-corrected chi connectivity index (χ4v) is 3.08. The lowest BCUT2D eigenvalue weighted by Crippen LogP contribution is -2.31. The van der Waals surface area contributed by atoms with Crippen molar-refractivity contribution < 1.29 is 13.2 Å². The van der Waals surface area contributed by atoms with Crippen LogP contribution in [0.3, 0.4) is 0 Å². The van der Waals surface area contributed by atoms with Crippen molar-refractivity contribution in [3.63, 3.8) is 0 Å². The zero-order valence-corrected chi connectivity index (χ0v) is 11.9. The number of hydrogen-bond donors (Lipinski definition) is 1. The standard InChI is InChI=1S/C16H22F3N/c1-2-10-20-16(11-6-4-3-5-7-11)12-8-9-13(17)15(19)14(12)18/h8-9,11,16,20H,2-7,10H2,1H3. The van der Waals surface area contributed by atoms with Gasteiger partial charge in [-0.05, 0) is 37.8 Å². The first-order chi connectivity index (χ1) is 9.65. The zero-order valence-electron chi connectivity index (χ0n) is 11.9. The van der Waals surface area contributed by atoms with E-state index in [0.29, 0.717) is 5.92 Å². The van der Waals surface area contributed by atoms with E-state index in [-0.39, 0.29) is 11.6 Å². The van der Waals surface area contributed by atoms with E-state index in [0.717, 1.165) is 44.7 Å². The van der Waals surface area contributed by atoms with Crippen molar-refractivity contribution in [1.29, 1.82) is 0 Å². The predicted molar refractivity (Wildman–Crippen MR) is 73.9 cm³/mol. The largest absolute Gasteiger partial charge is 0.310 e. The van der Waals surface area contributed by atoms with Crippen LogP contribution in [0.15, 0.2) is 12.1 Å². The predicted octanol–water partition coefficient (Wildman–Crippen LogP) is 4.72. The van der Waals surface area contributed by atoms with Gasteiger partial charge in [-0.2, -0.15) is 0 Å². The second-order valence-electron chi connectivity index (χ2n) is 5.59. The van der Waals surface area contributed by atoms with Crippen molar-refractivity contribution in [2.75, 3.05) is 6.54 Å².